The van der Waals surface area contributed by atoms with Gasteiger partial charge in [-0.3, -0.25) is 9.59 Å². The van der Waals surface area contributed by atoms with Crippen LogP contribution in [0.5, 0.6) is 0 Å². The summed E-state index contributed by atoms with van der Waals surface area (Å²) in [5, 5.41) is 2.46. The van der Waals surface area contributed by atoms with Gasteiger partial charge in [-0.05, 0) is 91.5 Å². The lowest BCUT2D eigenvalue weighted by Crippen LogP contribution is -2.53. The van der Waals surface area contributed by atoms with Crippen LogP contribution in [0.3, 0.4) is 0 Å². The molecule has 1 aliphatic carbocycles. The van der Waals surface area contributed by atoms with Crippen molar-refractivity contribution in [3.05, 3.63) is 35.1 Å². The van der Waals surface area contributed by atoms with Gasteiger partial charge in [0.25, 0.3) is 5.91 Å². The van der Waals surface area contributed by atoms with E-state index in [-0.39, 0.29) is 42.8 Å². The highest BCUT2D eigenvalue weighted by molar-refractivity contribution is 7.92. The van der Waals surface area contributed by atoms with Gasteiger partial charge in [0.05, 0.1) is 16.1 Å². The minimum atomic E-state index is -4.83. The Morgan fingerprint density at radius 3 is 2.33 bits per heavy atom. The number of benzene rings is 1. The smallest absolute Gasteiger partial charge is 0.340 e. The summed E-state index contributed by atoms with van der Waals surface area (Å²) >= 11 is 0. The second kappa shape index (κ2) is 11.3. The van der Waals surface area contributed by atoms with Crippen molar-refractivity contribution in [3.63, 3.8) is 0 Å². The molecule has 1 aromatic rings. The molecular weight excluding hydrogens is 538 g/mol. The van der Waals surface area contributed by atoms with E-state index < -0.39 is 55.6 Å². The Labute approximate surface area is 228 Å². The lowest BCUT2D eigenvalue weighted by molar-refractivity contribution is -0.138. The Morgan fingerprint density at radius 1 is 1.13 bits per heavy atom. The number of halogens is 4. The quantitative estimate of drug-likeness (QED) is 0.490. The molecule has 1 saturated carbocycles. The number of amides is 2. The van der Waals surface area contributed by atoms with Crippen LogP contribution in [0, 0.1) is 11.7 Å². The molecule has 0 bridgehead atoms. The number of nitrogens with zero attached hydrogens (tertiary/aromatic N) is 2. The van der Waals surface area contributed by atoms with Crippen molar-refractivity contribution >= 4 is 21.7 Å². The molecule has 3 rings (SSSR count). The molecule has 0 spiro atoms. The van der Waals surface area contributed by atoms with E-state index in [1.807, 2.05) is 7.05 Å². The number of likely N-dealkylation sites (tertiary alicyclic amines) is 1. The van der Waals surface area contributed by atoms with Crippen LogP contribution in [0.15, 0.2) is 18.2 Å². The van der Waals surface area contributed by atoms with Gasteiger partial charge in [-0.25, -0.2) is 12.8 Å². The molecule has 1 N–H and O–H groups in total. The zero-order valence-corrected chi connectivity index (χ0v) is 24.1. The first-order valence-electron chi connectivity index (χ1n) is 13.2. The molecule has 12 heteroatoms. The second-order valence-corrected chi connectivity index (χ2v) is 14.8. The Hall–Kier alpha value is -2.21. The molecule has 7 nitrogen and oxygen atoms in total. The predicted molar refractivity (Wildman–Crippen MR) is 140 cm³/mol. The highest BCUT2D eigenvalue weighted by Crippen LogP contribution is 2.36. The molecule has 0 unspecified atom stereocenters. The van der Waals surface area contributed by atoms with Gasteiger partial charge in [-0.2, -0.15) is 13.2 Å². The Bertz CT molecular complexity index is 1180. The first kappa shape index (κ1) is 31.3. The van der Waals surface area contributed by atoms with E-state index in [1.165, 1.54) is 0 Å². The summed E-state index contributed by atoms with van der Waals surface area (Å²) in [6.45, 7) is 9.38. The van der Waals surface area contributed by atoms with Gasteiger partial charge < -0.3 is 15.1 Å². The summed E-state index contributed by atoms with van der Waals surface area (Å²) in [7, 11) is -1.48. The fourth-order valence-electron chi connectivity index (χ4n) is 5.43. The molecule has 1 aromatic carbocycles. The molecule has 2 aliphatic rings. The lowest BCUT2D eigenvalue weighted by Gasteiger charge is -2.45. The standard InChI is InChI=1S/C27H39F4N3O4S/c1-16(2)33(6)21-7-8-23(18(13-21)15-39(37,38)26(3,4)5)34-10-9-22(25(34)36)32-24(35)17-11-19(27(29,30)31)14-20(28)12-17/h11-12,14,16,18,21-23H,7-10,13,15H2,1-6H3,(H,32,35)/t18-,21-,22+,23+/m1/s1. The first-order chi connectivity index (χ1) is 17.8. The summed E-state index contributed by atoms with van der Waals surface area (Å²) < 4.78 is 78.4. The van der Waals surface area contributed by atoms with Crippen molar-refractivity contribution in [2.75, 3.05) is 19.3 Å². The number of hydrogen-bond donors (Lipinski definition) is 1. The summed E-state index contributed by atoms with van der Waals surface area (Å²) in [5.41, 5.74) is -1.82. The zero-order chi connectivity index (χ0) is 29.5. The van der Waals surface area contributed by atoms with Crippen LogP contribution in [0.25, 0.3) is 0 Å². The van der Waals surface area contributed by atoms with Crippen molar-refractivity contribution in [1.29, 1.82) is 0 Å². The summed E-state index contributed by atoms with van der Waals surface area (Å²) in [4.78, 5) is 29.9. The topological polar surface area (TPSA) is 86.8 Å². The molecule has 0 aromatic heterocycles. The minimum Gasteiger partial charge on any atom is -0.340 e. The van der Waals surface area contributed by atoms with Crippen molar-refractivity contribution < 1.29 is 35.6 Å². The predicted octanol–water partition coefficient (Wildman–Crippen LogP) is 4.27. The largest absolute Gasteiger partial charge is 0.416 e. The third kappa shape index (κ3) is 7.11. The molecule has 0 radical (unpaired) electrons. The van der Waals surface area contributed by atoms with Gasteiger partial charge in [-0.15, -0.1) is 0 Å². The van der Waals surface area contributed by atoms with E-state index in [2.05, 4.69) is 24.1 Å². The molecule has 2 amide bonds. The number of carbonyl (C=O) groups excluding carboxylic acids is 2. The second-order valence-electron chi connectivity index (χ2n) is 12.0. The molecule has 2 fully saturated rings. The zero-order valence-electron chi connectivity index (χ0n) is 23.3. The molecule has 1 saturated heterocycles. The van der Waals surface area contributed by atoms with Crippen LogP contribution in [0.1, 0.15) is 76.2 Å². The van der Waals surface area contributed by atoms with Crippen molar-refractivity contribution in [1.82, 2.24) is 15.1 Å². The van der Waals surface area contributed by atoms with E-state index >= 15 is 0 Å². The highest BCUT2D eigenvalue weighted by atomic mass is 32.2. The maximum absolute atomic E-state index is 13.8. The maximum Gasteiger partial charge on any atom is 0.416 e. The number of nitrogens with one attached hydrogen (secondary N) is 1. The molecule has 1 aliphatic heterocycles. The average molecular weight is 578 g/mol. The fraction of sp³-hybridized carbons (Fsp3) is 0.704. The summed E-state index contributed by atoms with van der Waals surface area (Å²) in [6.07, 6.45) is -2.65. The van der Waals surface area contributed by atoms with Crippen LogP contribution < -0.4 is 5.32 Å². The lowest BCUT2D eigenvalue weighted by atomic mass is 9.81. The number of carbonyl (C=O) groups is 2. The number of rotatable bonds is 7. The maximum atomic E-state index is 13.8. The third-order valence-corrected chi connectivity index (χ3v) is 10.8. The SMILES string of the molecule is CC(C)N(C)[C@@H]1CC[C@H](N2CC[C@H](NC(=O)c3cc(F)cc(C(F)(F)F)c3)C2=O)[C@@H](CS(=O)(=O)C(C)(C)C)C1. The number of hydrogen-bond acceptors (Lipinski definition) is 5. The fourth-order valence-corrected chi connectivity index (χ4v) is 6.85. The monoisotopic (exact) mass is 577 g/mol. The summed E-state index contributed by atoms with van der Waals surface area (Å²) in [5.74, 6) is -2.98. The van der Waals surface area contributed by atoms with Crippen LogP contribution in [0.2, 0.25) is 0 Å². The van der Waals surface area contributed by atoms with E-state index in [4.69, 9.17) is 0 Å². The molecule has 39 heavy (non-hydrogen) atoms. The van der Waals surface area contributed by atoms with Gasteiger partial charge in [0.1, 0.15) is 11.9 Å². The normalized spacial score (nSPS) is 25.0. The van der Waals surface area contributed by atoms with Crippen molar-refractivity contribution in [3.8, 4) is 0 Å². The van der Waals surface area contributed by atoms with Gasteiger partial charge >= 0.3 is 6.18 Å². The minimum absolute atomic E-state index is 0.0755. The van der Waals surface area contributed by atoms with E-state index in [0.717, 1.165) is 6.42 Å². The van der Waals surface area contributed by atoms with Crippen molar-refractivity contribution in [2.24, 2.45) is 5.92 Å². The van der Waals surface area contributed by atoms with E-state index in [0.29, 0.717) is 31.0 Å². The molecule has 4 atom stereocenters. The molecular formula is C27H39F4N3O4S. The number of alkyl halides is 3. The third-order valence-electron chi connectivity index (χ3n) is 8.10. The van der Waals surface area contributed by atoms with Gasteiger partial charge in [0.15, 0.2) is 9.84 Å². The van der Waals surface area contributed by atoms with Crippen LogP contribution in [-0.2, 0) is 20.8 Å². The van der Waals surface area contributed by atoms with Crippen LogP contribution in [0.4, 0.5) is 17.6 Å². The van der Waals surface area contributed by atoms with Crippen LogP contribution in [-0.4, -0.2) is 78.3 Å². The molecule has 1 heterocycles. The van der Waals surface area contributed by atoms with Crippen LogP contribution >= 0.6 is 0 Å². The Kier molecular flexibility index (Phi) is 9.11. The Morgan fingerprint density at radius 2 is 1.77 bits per heavy atom. The molecule has 220 valence electrons. The van der Waals surface area contributed by atoms with Gasteiger partial charge in [-0.1, -0.05) is 0 Å². The summed E-state index contributed by atoms with van der Waals surface area (Å²) in [6, 6.07) is 0.630. The van der Waals surface area contributed by atoms with E-state index in [1.54, 1.807) is 25.7 Å². The first-order valence-corrected chi connectivity index (χ1v) is 14.9. The van der Waals surface area contributed by atoms with Gasteiger partial charge in [0, 0.05) is 30.2 Å². The van der Waals surface area contributed by atoms with E-state index in [9.17, 15) is 35.6 Å². The Balaban J connectivity index is 1.79. The van der Waals surface area contributed by atoms with Crippen molar-refractivity contribution in [2.45, 2.75) is 95.4 Å². The average Bonchev–Trinajstić information content (AvgIpc) is 3.16. The number of sulfone groups is 1. The highest BCUT2D eigenvalue weighted by Gasteiger charge is 2.45. The van der Waals surface area contributed by atoms with Gasteiger partial charge in [0.2, 0.25) is 5.91 Å².